The summed E-state index contributed by atoms with van der Waals surface area (Å²) in [5.41, 5.74) is -0.257. The minimum atomic E-state index is -0.944. The van der Waals surface area contributed by atoms with Crippen LogP contribution >= 0.6 is 0 Å². The van der Waals surface area contributed by atoms with Gasteiger partial charge in [0.25, 0.3) is 0 Å². The number of halogens is 1. The quantitative estimate of drug-likeness (QED) is 0.283. The molecule has 0 rings (SSSR count). The largest absolute Gasteiger partial charge is 2.00 e. The van der Waals surface area contributed by atoms with Gasteiger partial charge >= 0.3 is 23.1 Å². The molecular weight excluding hydrogens is 239 g/mol. The van der Waals surface area contributed by atoms with Crippen LogP contribution in [-0.4, -0.2) is 28.7 Å². The summed E-state index contributed by atoms with van der Waals surface area (Å²) in [4.78, 5) is 0. The van der Waals surface area contributed by atoms with E-state index in [-0.39, 0.29) is 47.0 Å². The second-order valence-electron chi connectivity index (χ2n) is 2.29. The monoisotopic (exact) mass is 250 g/mol. The molecule has 0 bridgehead atoms. The normalized spacial score (nSPS) is 8.89. The van der Waals surface area contributed by atoms with E-state index in [9.17, 15) is 5.11 Å². The summed E-state index contributed by atoms with van der Waals surface area (Å²) in [5.74, 6) is 0. The summed E-state index contributed by atoms with van der Waals surface area (Å²) in [6.45, 7) is 8.47. The van der Waals surface area contributed by atoms with Crippen molar-refractivity contribution < 1.29 is 29.1 Å². The van der Waals surface area contributed by atoms with Crippen LogP contribution in [-0.2, 0) is 0 Å². The van der Waals surface area contributed by atoms with Crippen molar-refractivity contribution in [3.63, 3.8) is 0 Å². The zero-order valence-electron chi connectivity index (χ0n) is 6.20. The molecule has 9 heavy (non-hydrogen) atoms. The second-order valence-corrected chi connectivity index (χ2v) is 2.29. The van der Waals surface area contributed by atoms with Crippen molar-refractivity contribution in [1.82, 2.24) is 0 Å². The smallest absolute Gasteiger partial charge is 1.00 e. The maximum absolute atomic E-state index is 10.7. The molecule has 0 aromatic carbocycles. The molecule has 0 aliphatic heterocycles. The molecule has 0 spiro atoms. The van der Waals surface area contributed by atoms with E-state index in [2.05, 4.69) is 6.58 Å². The van der Waals surface area contributed by atoms with Crippen LogP contribution in [0.3, 0.4) is 0 Å². The first-order chi connectivity index (χ1) is 2.94. The Morgan fingerprint density at radius 3 is 1.56 bits per heavy atom. The molecule has 0 amide bonds. The van der Waals surface area contributed by atoms with Gasteiger partial charge in [0, 0.05) is 0 Å². The van der Waals surface area contributed by atoms with E-state index in [0.717, 1.165) is 0 Å². The molecule has 0 radical (unpaired) electrons. The summed E-state index contributed by atoms with van der Waals surface area (Å²) in [7, 11) is 0. The fourth-order valence-electron chi connectivity index (χ4n) is 0. The Morgan fingerprint density at radius 1 is 1.44 bits per heavy atom. The molecule has 0 aromatic heterocycles. The van der Waals surface area contributed by atoms with E-state index < -0.39 is 5.60 Å². The topological polar surface area (TPSA) is 23.1 Å². The molecule has 0 aliphatic carbocycles. The van der Waals surface area contributed by atoms with Gasteiger partial charge in [-0.05, 0) is 6.92 Å². The van der Waals surface area contributed by atoms with Crippen molar-refractivity contribution in [2.45, 2.75) is 26.4 Å². The summed E-state index contributed by atoms with van der Waals surface area (Å²) in [6.07, 6.45) is 0. The van der Waals surface area contributed by atoms with Crippen LogP contribution in [0.5, 0.6) is 0 Å². The van der Waals surface area contributed by atoms with E-state index in [4.69, 9.17) is 0 Å². The van der Waals surface area contributed by atoms with Gasteiger partial charge in [0.1, 0.15) is 0 Å². The fourth-order valence-corrected chi connectivity index (χ4v) is 0. The minimum Gasteiger partial charge on any atom is -1.00 e. The third-order valence-electron chi connectivity index (χ3n) is 1.03. The third kappa shape index (κ3) is 9.20. The molecule has 0 atom stereocenters. The molecule has 1 nitrogen and oxygen atoms in total. The van der Waals surface area contributed by atoms with Crippen LogP contribution in [0, 0.1) is 0 Å². The minimum absolute atomic E-state index is 0. The molecule has 0 unspecified atom stereocenters. The van der Waals surface area contributed by atoms with Crippen molar-refractivity contribution in [2.75, 3.05) is 0 Å². The van der Waals surface area contributed by atoms with E-state index in [1.54, 1.807) is 20.8 Å². The standard InChI is InChI=1S/C6H11O.HI.Mg/c1-5(2)6(3,4)7;;/h1H2,2-4H3;1H;/q-1;;+2/p-1. The van der Waals surface area contributed by atoms with Crippen LogP contribution in [0.25, 0.3) is 0 Å². The van der Waals surface area contributed by atoms with Crippen LogP contribution in [0.2, 0.25) is 0 Å². The Kier molecular flexibility index (Phi) is 11.0. The maximum atomic E-state index is 10.7. The van der Waals surface area contributed by atoms with Gasteiger partial charge in [-0.2, -0.15) is 0 Å². The average Bonchev–Trinajstić information content (AvgIpc) is 1.31. The fraction of sp³-hybridized carbons (Fsp3) is 0.667. The first kappa shape index (κ1) is 16.7. The SMILES string of the molecule is C=C(C)C(C)(C)[O-].[I-].[Mg+2]. The van der Waals surface area contributed by atoms with E-state index in [1.165, 1.54) is 0 Å². The van der Waals surface area contributed by atoms with Crippen LogP contribution < -0.4 is 29.1 Å². The first-order valence-corrected chi connectivity index (χ1v) is 2.31. The van der Waals surface area contributed by atoms with Gasteiger partial charge in [0.2, 0.25) is 0 Å². The summed E-state index contributed by atoms with van der Waals surface area (Å²) < 4.78 is 0. The molecule has 0 saturated heterocycles. The van der Waals surface area contributed by atoms with E-state index in [1.807, 2.05) is 0 Å². The van der Waals surface area contributed by atoms with Crippen LogP contribution in [0.15, 0.2) is 12.2 Å². The van der Waals surface area contributed by atoms with Crippen molar-refractivity contribution in [3.05, 3.63) is 12.2 Å². The molecule has 3 heteroatoms. The zero-order valence-corrected chi connectivity index (χ0v) is 9.77. The Morgan fingerprint density at radius 2 is 1.56 bits per heavy atom. The average molecular weight is 250 g/mol. The molecule has 0 heterocycles. The van der Waals surface area contributed by atoms with Gasteiger partial charge in [-0.3, -0.25) is 0 Å². The number of rotatable bonds is 1. The van der Waals surface area contributed by atoms with Gasteiger partial charge in [-0.1, -0.05) is 25.0 Å². The predicted octanol–water partition coefficient (Wildman–Crippen LogP) is -2.68. The molecule has 50 valence electrons. The number of hydrogen-bond acceptors (Lipinski definition) is 1. The number of hydrogen-bond donors (Lipinski definition) is 0. The van der Waals surface area contributed by atoms with Gasteiger partial charge in [0.15, 0.2) is 0 Å². The molecule has 0 saturated carbocycles. The zero-order chi connectivity index (χ0) is 6.08. The van der Waals surface area contributed by atoms with Crippen molar-refractivity contribution >= 4 is 23.1 Å². The second kappa shape index (κ2) is 5.94. The predicted molar refractivity (Wildman–Crippen MR) is 34.6 cm³/mol. The first-order valence-electron chi connectivity index (χ1n) is 2.31. The van der Waals surface area contributed by atoms with Gasteiger partial charge in [-0.15, -0.1) is 6.58 Å². The molecule has 0 aliphatic rings. The summed E-state index contributed by atoms with van der Waals surface area (Å²) in [5, 5.41) is 10.7. The van der Waals surface area contributed by atoms with Crippen molar-refractivity contribution in [3.8, 4) is 0 Å². The van der Waals surface area contributed by atoms with Crippen molar-refractivity contribution in [2.24, 2.45) is 0 Å². The van der Waals surface area contributed by atoms with Gasteiger partial charge in [-0.25, -0.2) is 0 Å². The van der Waals surface area contributed by atoms with Gasteiger partial charge < -0.3 is 29.1 Å². The molecular formula is C6H11IMgO. The van der Waals surface area contributed by atoms with Crippen LogP contribution in [0.4, 0.5) is 0 Å². The Labute approximate surface area is 90.1 Å². The van der Waals surface area contributed by atoms with Gasteiger partial charge in [0.05, 0.1) is 0 Å². The van der Waals surface area contributed by atoms with Crippen LogP contribution in [0.1, 0.15) is 20.8 Å². The Balaban J connectivity index is -0.000000180. The summed E-state index contributed by atoms with van der Waals surface area (Å²) in [6, 6.07) is 0. The molecule has 0 aromatic rings. The Bertz CT molecular complexity index is 85.5. The molecule has 0 N–H and O–H groups in total. The Hall–Kier alpha value is 1.20. The van der Waals surface area contributed by atoms with Crippen molar-refractivity contribution in [1.29, 1.82) is 0 Å². The third-order valence-corrected chi connectivity index (χ3v) is 1.03. The molecule has 0 fully saturated rings. The van der Waals surface area contributed by atoms with E-state index >= 15 is 0 Å². The maximum Gasteiger partial charge on any atom is 2.00 e. The van der Waals surface area contributed by atoms with E-state index in [0.29, 0.717) is 5.57 Å². The summed E-state index contributed by atoms with van der Waals surface area (Å²) >= 11 is 0.